The minimum absolute atomic E-state index is 0.337. The molecule has 0 unspecified atom stereocenters. The number of hydrogen-bond donors (Lipinski definition) is 2. The highest BCUT2D eigenvalue weighted by Gasteiger charge is 2.16. The van der Waals surface area contributed by atoms with Crippen LogP contribution in [0.1, 0.15) is 5.56 Å². The summed E-state index contributed by atoms with van der Waals surface area (Å²) in [5.74, 6) is 1.58. The van der Waals surface area contributed by atoms with E-state index in [1.165, 1.54) is 5.56 Å². The van der Waals surface area contributed by atoms with Crippen LogP contribution in [0.4, 0.5) is 11.7 Å². The van der Waals surface area contributed by atoms with Gasteiger partial charge in [0.1, 0.15) is 11.2 Å². The van der Waals surface area contributed by atoms with E-state index in [0.717, 1.165) is 17.8 Å². The number of pyridine rings is 1. The first-order chi connectivity index (χ1) is 15.7. The predicted octanol–water partition coefficient (Wildman–Crippen LogP) is 5.03. The molecule has 4 rings (SSSR count). The van der Waals surface area contributed by atoms with E-state index in [9.17, 15) is 0 Å². The van der Waals surface area contributed by atoms with Crippen LogP contribution < -0.4 is 24.2 Å². The lowest BCUT2D eigenvalue weighted by atomic mass is 10.1. The van der Waals surface area contributed by atoms with Crippen molar-refractivity contribution in [3.63, 3.8) is 0 Å². The highest BCUT2D eigenvalue weighted by atomic mass is 32.2. The average Bonchev–Trinajstić information content (AvgIpc) is 3.24. The summed E-state index contributed by atoms with van der Waals surface area (Å²) in [5.41, 5.74) is 4.88. The molecular formula is C23H24N4O4S. The second-order valence-electron chi connectivity index (χ2n) is 6.79. The Kier molecular flexibility index (Phi) is 6.67. The van der Waals surface area contributed by atoms with Gasteiger partial charge in [-0.2, -0.15) is 4.98 Å². The molecule has 8 nitrogen and oxygen atoms in total. The van der Waals surface area contributed by atoms with Gasteiger partial charge < -0.3 is 23.9 Å². The standard InChI is InChI=1S/C23H24N4O4S/c1-28-18-11-16(12-19(29-2)22(18)30-3)26-23-27-17-9-10-24-20(21(17)31-23)15-7-5-14(6-8-15)13-25-32-4/h5-12,25H,13H2,1-4H3,(H,26,27). The highest BCUT2D eigenvalue weighted by molar-refractivity contribution is 7.96. The van der Waals surface area contributed by atoms with Gasteiger partial charge in [0.25, 0.3) is 6.01 Å². The first-order valence-corrected chi connectivity index (χ1v) is 11.1. The minimum Gasteiger partial charge on any atom is -0.493 e. The monoisotopic (exact) mass is 452 g/mol. The number of anilines is 2. The molecule has 2 aromatic carbocycles. The number of aromatic nitrogens is 2. The quantitative estimate of drug-likeness (QED) is 0.339. The molecule has 0 amide bonds. The molecule has 0 radical (unpaired) electrons. The maximum atomic E-state index is 6.04. The van der Waals surface area contributed by atoms with Crippen molar-refractivity contribution < 1.29 is 18.6 Å². The fourth-order valence-corrected chi connectivity index (χ4v) is 3.64. The molecule has 0 spiro atoms. The smallest absolute Gasteiger partial charge is 0.300 e. The Morgan fingerprint density at radius 2 is 1.69 bits per heavy atom. The fraction of sp³-hybridized carbons (Fsp3) is 0.217. The number of nitrogens with one attached hydrogen (secondary N) is 2. The third-order valence-corrected chi connectivity index (χ3v) is 5.30. The molecule has 0 fully saturated rings. The van der Waals surface area contributed by atoms with Crippen LogP contribution in [0.3, 0.4) is 0 Å². The summed E-state index contributed by atoms with van der Waals surface area (Å²) in [6, 6.07) is 14.0. The zero-order valence-corrected chi connectivity index (χ0v) is 19.1. The van der Waals surface area contributed by atoms with Gasteiger partial charge in [0.05, 0.1) is 21.3 Å². The predicted molar refractivity (Wildman–Crippen MR) is 127 cm³/mol. The lowest BCUT2D eigenvalue weighted by molar-refractivity contribution is 0.324. The van der Waals surface area contributed by atoms with Crippen LogP contribution in [-0.4, -0.2) is 37.6 Å². The van der Waals surface area contributed by atoms with E-state index in [2.05, 4.69) is 32.1 Å². The Bertz CT molecular complexity index is 1190. The zero-order valence-electron chi connectivity index (χ0n) is 18.3. The Morgan fingerprint density at radius 1 is 0.969 bits per heavy atom. The fourth-order valence-electron chi connectivity index (χ4n) is 3.33. The number of ether oxygens (including phenoxy) is 3. The molecule has 0 aliphatic carbocycles. The second kappa shape index (κ2) is 9.80. The van der Waals surface area contributed by atoms with Gasteiger partial charge in [-0.05, 0) is 17.9 Å². The maximum Gasteiger partial charge on any atom is 0.300 e. The summed E-state index contributed by atoms with van der Waals surface area (Å²) < 4.78 is 25.5. The highest BCUT2D eigenvalue weighted by Crippen LogP contribution is 2.41. The van der Waals surface area contributed by atoms with Crippen molar-refractivity contribution in [1.29, 1.82) is 0 Å². The van der Waals surface area contributed by atoms with Gasteiger partial charge in [0.15, 0.2) is 17.1 Å². The van der Waals surface area contributed by atoms with Crippen molar-refractivity contribution in [2.24, 2.45) is 0 Å². The first-order valence-electron chi connectivity index (χ1n) is 9.84. The molecule has 0 aliphatic rings. The van der Waals surface area contributed by atoms with Gasteiger partial charge in [0, 0.05) is 36.1 Å². The Balaban J connectivity index is 1.65. The lowest BCUT2D eigenvalue weighted by Crippen LogP contribution is -2.01. The zero-order chi connectivity index (χ0) is 22.5. The Labute approximate surface area is 190 Å². The number of rotatable bonds is 9. The summed E-state index contributed by atoms with van der Waals surface area (Å²) in [6.07, 6.45) is 3.74. The van der Waals surface area contributed by atoms with Gasteiger partial charge in [-0.1, -0.05) is 36.2 Å². The van der Waals surface area contributed by atoms with Crippen LogP contribution in [0.25, 0.3) is 22.4 Å². The topological polar surface area (TPSA) is 90.7 Å². The molecule has 2 aromatic heterocycles. The molecule has 2 heterocycles. The molecule has 0 saturated heterocycles. The van der Waals surface area contributed by atoms with Crippen molar-refractivity contribution in [1.82, 2.24) is 14.7 Å². The summed E-state index contributed by atoms with van der Waals surface area (Å²) in [5, 5.41) is 3.17. The molecule has 0 saturated carbocycles. The van der Waals surface area contributed by atoms with E-state index in [1.54, 1.807) is 51.6 Å². The van der Waals surface area contributed by atoms with E-state index in [4.69, 9.17) is 18.6 Å². The van der Waals surface area contributed by atoms with E-state index in [0.29, 0.717) is 40.1 Å². The molecular weight excluding hydrogens is 428 g/mol. The van der Waals surface area contributed by atoms with Crippen LogP contribution >= 0.6 is 11.9 Å². The van der Waals surface area contributed by atoms with Crippen molar-refractivity contribution in [2.45, 2.75) is 6.54 Å². The molecule has 0 bridgehead atoms. The number of methoxy groups -OCH3 is 3. The van der Waals surface area contributed by atoms with E-state index in [1.807, 2.05) is 24.5 Å². The number of oxazole rings is 1. The van der Waals surface area contributed by atoms with Crippen molar-refractivity contribution in [2.75, 3.05) is 32.9 Å². The second-order valence-corrected chi connectivity index (χ2v) is 7.48. The van der Waals surface area contributed by atoms with Crippen molar-refractivity contribution in [3.8, 4) is 28.5 Å². The summed E-state index contributed by atoms with van der Waals surface area (Å²) >= 11 is 1.59. The van der Waals surface area contributed by atoms with Crippen LogP contribution in [-0.2, 0) is 6.54 Å². The molecule has 4 aromatic rings. The van der Waals surface area contributed by atoms with Gasteiger partial charge in [0.2, 0.25) is 5.75 Å². The molecule has 0 aliphatic heterocycles. The molecule has 32 heavy (non-hydrogen) atoms. The SMILES string of the molecule is COc1cc(Nc2nc3ccnc(-c4ccc(CNSC)cc4)c3o2)cc(OC)c1OC. The Morgan fingerprint density at radius 3 is 2.31 bits per heavy atom. The number of hydrogen-bond acceptors (Lipinski definition) is 9. The lowest BCUT2D eigenvalue weighted by Gasteiger charge is -2.14. The third kappa shape index (κ3) is 4.44. The van der Waals surface area contributed by atoms with Gasteiger partial charge in [-0.3, -0.25) is 9.71 Å². The van der Waals surface area contributed by atoms with Crippen molar-refractivity contribution in [3.05, 3.63) is 54.2 Å². The average molecular weight is 453 g/mol. The van der Waals surface area contributed by atoms with Crippen LogP contribution in [0.15, 0.2) is 53.1 Å². The van der Waals surface area contributed by atoms with Gasteiger partial charge in [-0.25, -0.2) is 0 Å². The normalized spacial score (nSPS) is 10.9. The molecule has 9 heteroatoms. The number of benzene rings is 2. The van der Waals surface area contributed by atoms with Gasteiger partial charge in [-0.15, -0.1) is 0 Å². The summed E-state index contributed by atoms with van der Waals surface area (Å²) in [7, 11) is 4.70. The summed E-state index contributed by atoms with van der Waals surface area (Å²) in [4.78, 5) is 9.09. The molecule has 166 valence electrons. The van der Waals surface area contributed by atoms with E-state index >= 15 is 0 Å². The van der Waals surface area contributed by atoms with Crippen LogP contribution in [0, 0.1) is 0 Å². The van der Waals surface area contributed by atoms with E-state index in [-0.39, 0.29) is 0 Å². The third-order valence-electron chi connectivity index (χ3n) is 4.87. The molecule has 2 N–H and O–H groups in total. The number of nitrogens with zero attached hydrogens (tertiary/aromatic N) is 2. The maximum absolute atomic E-state index is 6.04. The molecule has 0 atom stereocenters. The van der Waals surface area contributed by atoms with Gasteiger partial charge >= 0.3 is 0 Å². The van der Waals surface area contributed by atoms with Crippen molar-refractivity contribution >= 4 is 34.7 Å². The minimum atomic E-state index is 0.337. The Hall–Kier alpha value is -3.43. The number of fused-ring (bicyclic) bond motifs is 1. The summed E-state index contributed by atoms with van der Waals surface area (Å²) in [6.45, 7) is 0.796. The van der Waals surface area contributed by atoms with Crippen LogP contribution in [0.2, 0.25) is 0 Å². The largest absolute Gasteiger partial charge is 0.493 e. The van der Waals surface area contributed by atoms with Crippen LogP contribution in [0.5, 0.6) is 17.2 Å². The van der Waals surface area contributed by atoms with E-state index < -0.39 is 0 Å². The first kappa shape index (κ1) is 21.8.